The molecular formula is C22H20F4N4O. The molecular weight excluding hydrogens is 412 g/mol. The van der Waals surface area contributed by atoms with Crippen LogP contribution >= 0.6 is 0 Å². The van der Waals surface area contributed by atoms with E-state index in [1.165, 1.54) is 42.6 Å². The van der Waals surface area contributed by atoms with Crippen molar-refractivity contribution < 1.29 is 22.4 Å². The molecule has 1 aromatic carbocycles. The Morgan fingerprint density at radius 1 is 1.06 bits per heavy atom. The highest BCUT2D eigenvalue weighted by molar-refractivity contribution is 5.94. The number of benzene rings is 1. The highest BCUT2D eigenvalue weighted by Crippen LogP contribution is 2.32. The Morgan fingerprint density at radius 2 is 1.77 bits per heavy atom. The smallest absolute Gasteiger partial charge is 0.356 e. The molecule has 3 heterocycles. The number of anilines is 1. The average Bonchev–Trinajstić information content (AvgIpc) is 2.77. The number of nitrogens with zero attached hydrogens (tertiary/aromatic N) is 3. The molecule has 162 valence electrons. The van der Waals surface area contributed by atoms with Crippen molar-refractivity contribution in [1.82, 2.24) is 15.3 Å². The van der Waals surface area contributed by atoms with Gasteiger partial charge in [0.15, 0.2) is 0 Å². The number of amides is 1. The van der Waals surface area contributed by atoms with Crippen molar-refractivity contribution >= 4 is 22.6 Å². The van der Waals surface area contributed by atoms with Gasteiger partial charge in [-0.2, -0.15) is 13.2 Å². The lowest BCUT2D eigenvalue weighted by molar-refractivity contribution is -0.140. The van der Waals surface area contributed by atoms with Crippen LogP contribution in [-0.2, 0) is 6.18 Å². The zero-order valence-electron chi connectivity index (χ0n) is 16.5. The molecule has 0 radical (unpaired) electrons. The van der Waals surface area contributed by atoms with E-state index < -0.39 is 17.7 Å². The van der Waals surface area contributed by atoms with E-state index in [2.05, 4.69) is 15.3 Å². The maximum Gasteiger partial charge on any atom is 0.433 e. The SMILES string of the molecule is O=C(NCC1CCN(c2nccc3nc(C(F)(F)F)ccc23)CC1)c1ccc(F)cc1. The van der Waals surface area contributed by atoms with Crippen LogP contribution in [0.5, 0.6) is 0 Å². The van der Waals surface area contributed by atoms with E-state index in [1.54, 1.807) is 0 Å². The van der Waals surface area contributed by atoms with E-state index in [0.29, 0.717) is 36.4 Å². The molecule has 1 N–H and O–H groups in total. The second-order valence-electron chi connectivity index (χ2n) is 7.54. The van der Waals surface area contributed by atoms with Gasteiger partial charge < -0.3 is 10.2 Å². The first-order valence-corrected chi connectivity index (χ1v) is 9.93. The molecule has 1 aliphatic heterocycles. The fourth-order valence-corrected chi connectivity index (χ4v) is 3.74. The number of aromatic nitrogens is 2. The van der Waals surface area contributed by atoms with Crippen LogP contribution in [0.25, 0.3) is 10.9 Å². The molecule has 0 unspecified atom stereocenters. The lowest BCUT2D eigenvalue weighted by Gasteiger charge is -2.33. The van der Waals surface area contributed by atoms with Crippen LogP contribution in [0, 0.1) is 11.7 Å². The summed E-state index contributed by atoms with van der Waals surface area (Å²) in [5.74, 6) is 0.249. The standard InChI is InChI=1S/C22H20F4N4O/c23-16-3-1-15(2-4-16)21(31)28-13-14-8-11-30(12-9-14)20-17-5-6-19(22(24,25)26)29-18(17)7-10-27-20/h1-7,10,14H,8-9,11-13H2,(H,28,31). The quantitative estimate of drug-likeness (QED) is 0.620. The second-order valence-corrected chi connectivity index (χ2v) is 7.54. The number of halogens is 4. The summed E-state index contributed by atoms with van der Waals surface area (Å²) < 4.78 is 51.8. The van der Waals surface area contributed by atoms with Crippen molar-refractivity contribution in [2.75, 3.05) is 24.5 Å². The van der Waals surface area contributed by atoms with Gasteiger partial charge in [-0.15, -0.1) is 0 Å². The molecule has 0 aliphatic carbocycles. The van der Waals surface area contributed by atoms with Crippen molar-refractivity contribution in [2.45, 2.75) is 19.0 Å². The molecule has 5 nitrogen and oxygen atoms in total. The van der Waals surface area contributed by atoms with Crippen LogP contribution < -0.4 is 10.2 Å². The van der Waals surface area contributed by atoms with Crippen molar-refractivity contribution in [3.63, 3.8) is 0 Å². The molecule has 31 heavy (non-hydrogen) atoms. The Balaban J connectivity index is 1.38. The normalized spacial score (nSPS) is 15.3. The van der Waals surface area contributed by atoms with E-state index in [9.17, 15) is 22.4 Å². The van der Waals surface area contributed by atoms with E-state index in [0.717, 1.165) is 18.9 Å². The van der Waals surface area contributed by atoms with Gasteiger partial charge in [0.25, 0.3) is 5.91 Å². The fraction of sp³-hybridized carbons (Fsp3) is 0.318. The van der Waals surface area contributed by atoms with Gasteiger partial charge in [0.2, 0.25) is 0 Å². The number of hydrogen-bond acceptors (Lipinski definition) is 4. The van der Waals surface area contributed by atoms with Crippen LogP contribution in [-0.4, -0.2) is 35.5 Å². The third-order valence-corrected chi connectivity index (χ3v) is 5.46. The molecule has 0 bridgehead atoms. The molecule has 1 saturated heterocycles. The minimum Gasteiger partial charge on any atom is -0.356 e. The molecule has 2 aromatic heterocycles. The maximum absolute atomic E-state index is 13.0. The third kappa shape index (κ3) is 4.76. The summed E-state index contributed by atoms with van der Waals surface area (Å²) in [5, 5.41) is 3.46. The predicted octanol–water partition coefficient (Wildman–Crippen LogP) is 4.43. The van der Waals surface area contributed by atoms with Gasteiger partial charge in [0.1, 0.15) is 17.3 Å². The second kappa shape index (κ2) is 8.49. The first-order valence-electron chi connectivity index (χ1n) is 9.93. The number of rotatable bonds is 4. The van der Waals surface area contributed by atoms with Gasteiger partial charge in [-0.3, -0.25) is 4.79 Å². The zero-order chi connectivity index (χ0) is 22.0. The molecule has 3 aromatic rings. The van der Waals surface area contributed by atoms with Crippen LogP contribution in [0.3, 0.4) is 0 Å². The first-order chi connectivity index (χ1) is 14.8. The largest absolute Gasteiger partial charge is 0.433 e. The number of hydrogen-bond donors (Lipinski definition) is 1. The van der Waals surface area contributed by atoms with Gasteiger partial charge in [0, 0.05) is 36.8 Å². The average molecular weight is 432 g/mol. The van der Waals surface area contributed by atoms with Crippen LogP contribution in [0.2, 0.25) is 0 Å². The summed E-state index contributed by atoms with van der Waals surface area (Å²) in [4.78, 5) is 22.3. The monoisotopic (exact) mass is 432 g/mol. The molecule has 1 amide bonds. The number of alkyl halides is 3. The Morgan fingerprint density at radius 3 is 2.45 bits per heavy atom. The Bertz CT molecular complexity index is 1080. The lowest BCUT2D eigenvalue weighted by atomic mass is 9.96. The molecule has 1 fully saturated rings. The van der Waals surface area contributed by atoms with E-state index in [-0.39, 0.29) is 17.3 Å². The predicted molar refractivity (Wildman–Crippen MR) is 108 cm³/mol. The van der Waals surface area contributed by atoms with Crippen LogP contribution in [0.1, 0.15) is 28.9 Å². The van der Waals surface area contributed by atoms with Gasteiger partial charge in [-0.05, 0) is 61.2 Å². The summed E-state index contributed by atoms with van der Waals surface area (Å²) in [5.41, 5.74) is -0.259. The molecule has 0 atom stereocenters. The Labute approximate surface area is 176 Å². The molecule has 9 heteroatoms. The highest BCUT2D eigenvalue weighted by Gasteiger charge is 2.33. The number of fused-ring (bicyclic) bond motifs is 1. The Hall–Kier alpha value is -3.23. The van der Waals surface area contributed by atoms with Gasteiger partial charge >= 0.3 is 6.18 Å². The van der Waals surface area contributed by atoms with Crippen molar-refractivity contribution in [1.29, 1.82) is 0 Å². The minimum atomic E-state index is -4.49. The lowest BCUT2D eigenvalue weighted by Crippen LogP contribution is -2.39. The summed E-state index contributed by atoms with van der Waals surface area (Å²) in [7, 11) is 0. The van der Waals surface area contributed by atoms with Crippen LogP contribution in [0.4, 0.5) is 23.4 Å². The fourth-order valence-electron chi connectivity index (χ4n) is 3.74. The summed E-state index contributed by atoms with van der Waals surface area (Å²) in [6.45, 7) is 1.85. The number of nitrogens with one attached hydrogen (secondary N) is 1. The first kappa shape index (κ1) is 21.0. The van der Waals surface area contributed by atoms with Crippen molar-refractivity contribution in [3.05, 3.63) is 65.7 Å². The van der Waals surface area contributed by atoms with E-state index in [1.807, 2.05) is 4.90 Å². The topological polar surface area (TPSA) is 58.1 Å². The third-order valence-electron chi connectivity index (χ3n) is 5.46. The molecule has 0 saturated carbocycles. The molecule has 0 spiro atoms. The number of pyridine rings is 2. The summed E-state index contributed by atoms with van der Waals surface area (Å²) in [6.07, 6.45) is -1.42. The molecule has 1 aliphatic rings. The number of carbonyl (C=O) groups excluding carboxylic acids is 1. The van der Waals surface area contributed by atoms with Crippen LogP contribution in [0.15, 0.2) is 48.7 Å². The number of piperidine rings is 1. The zero-order valence-corrected chi connectivity index (χ0v) is 16.5. The van der Waals surface area contributed by atoms with Gasteiger partial charge in [-0.1, -0.05) is 0 Å². The molecule has 4 rings (SSSR count). The summed E-state index contributed by atoms with van der Waals surface area (Å²) >= 11 is 0. The van der Waals surface area contributed by atoms with Crippen molar-refractivity contribution in [2.24, 2.45) is 5.92 Å². The Kier molecular flexibility index (Phi) is 5.75. The van der Waals surface area contributed by atoms with E-state index >= 15 is 0 Å². The maximum atomic E-state index is 13.0. The number of carbonyl (C=O) groups is 1. The summed E-state index contributed by atoms with van der Waals surface area (Å²) in [6, 6.07) is 9.25. The van der Waals surface area contributed by atoms with Crippen molar-refractivity contribution in [3.8, 4) is 0 Å². The van der Waals surface area contributed by atoms with Gasteiger partial charge in [-0.25, -0.2) is 14.4 Å². The van der Waals surface area contributed by atoms with E-state index in [4.69, 9.17) is 0 Å². The highest BCUT2D eigenvalue weighted by atomic mass is 19.4. The van der Waals surface area contributed by atoms with Gasteiger partial charge in [0.05, 0.1) is 5.52 Å². The minimum absolute atomic E-state index is 0.246.